The Morgan fingerprint density at radius 2 is 2.00 bits per heavy atom. The average molecular weight is 385 g/mol. The summed E-state index contributed by atoms with van der Waals surface area (Å²) in [7, 11) is 1.94. The van der Waals surface area contributed by atoms with E-state index in [-0.39, 0.29) is 0 Å². The second kappa shape index (κ2) is 6.16. The third-order valence-electron chi connectivity index (χ3n) is 1.88. The van der Waals surface area contributed by atoms with Gasteiger partial charge in [-0.3, -0.25) is 0 Å². The molecule has 0 fully saturated rings. The van der Waals surface area contributed by atoms with Crippen LogP contribution in [0.1, 0.15) is 12.5 Å². The van der Waals surface area contributed by atoms with Gasteiger partial charge >= 0.3 is 101 Å². The fourth-order valence-electron chi connectivity index (χ4n) is 1.02. The van der Waals surface area contributed by atoms with E-state index >= 15 is 0 Å². The molecule has 0 heterocycles. The van der Waals surface area contributed by atoms with E-state index in [0.29, 0.717) is 6.17 Å². The zero-order valence-electron chi connectivity index (χ0n) is 8.42. The van der Waals surface area contributed by atoms with Gasteiger partial charge in [0.15, 0.2) is 0 Å². The summed E-state index contributed by atoms with van der Waals surface area (Å²) >= 11 is 1.66. The molecule has 14 heavy (non-hydrogen) atoms. The summed E-state index contributed by atoms with van der Waals surface area (Å²) in [4.78, 5) is 0. The molecule has 0 saturated heterocycles. The summed E-state index contributed by atoms with van der Waals surface area (Å²) < 4.78 is 1.22. The fourth-order valence-corrected chi connectivity index (χ4v) is 2.14. The molecule has 0 radical (unpaired) electrons. The van der Waals surface area contributed by atoms with Gasteiger partial charge in [0, 0.05) is 0 Å². The van der Waals surface area contributed by atoms with E-state index in [0.717, 1.165) is 0 Å². The van der Waals surface area contributed by atoms with Crippen LogP contribution in [0.4, 0.5) is 0 Å². The Hall–Kier alpha value is -0.397. The molecular formula is C11H15AtN2. The summed E-state index contributed by atoms with van der Waals surface area (Å²) in [6.07, 6.45) is 2.47. The van der Waals surface area contributed by atoms with E-state index in [1.54, 1.807) is 24.7 Å². The number of benzene rings is 1. The first-order chi connectivity index (χ1) is 6.72. The predicted molar refractivity (Wildman–Crippen MR) is 56.1 cm³/mol. The molecule has 0 aromatic heterocycles. The van der Waals surface area contributed by atoms with Gasteiger partial charge in [-0.1, -0.05) is 0 Å². The van der Waals surface area contributed by atoms with Gasteiger partial charge in [0.25, 0.3) is 0 Å². The quantitative estimate of drug-likeness (QED) is 0.771. The molecule has 3 heteroatoms. The molecule has 1 atom stereocenters. The minimum absolute atomic E-state index is 0.315. The van der Waals surface area contributed by atoms with Crippen molar-refractivity contribution in [2.45, 2.75) is 13.1 Å². The molecule has 0 aliphatic carbocycles. The van der Waals surface area contributed by atoms with Gasteiger partial charge in [0.1, 0.15) is 0 Å². The van der Waals surface area contributed by atoms with E-state index in [1.165, 1.54) is 8.97 Å². The molecule has 0 saturated carbocycles. The van der Waals surface area contributed by atoms with Crippen LogP contribution in [-0.2, 0) is 0 Å². The molecule has 1 rings (SSSR count). The van der Waals surface area contributed by atoms with Gasteiger partial charge in [-0.05, 0) is 0 Å². The van der Waals surface area contributed by atoms with Gasteiger partial charge in [0.05, 0.1) is 0 Å². The van der Waals surface area contributed by atoms with Crippen molar-refractivity contribution < 1.29 is 24.7 Å². The molecule has 0 aliphatic heterocycles. The number of nitrogens with one attached hydrogen (secondary N) is 2. The van der Waals surface area contributed by atoms with Crippen LogP contribution in [-0.4, -0.2) is 13.2 Å². The number of hydrogen-bond acceptors (Lipinski definition) is 2. The summed E-state index contributed by atoms with van der Waals surface area (Å²) in [5.41, 5.74) is 1.24. The first-order valence-electron chi connectivity index (χ1n) is 4.58. The molecule has 0 bridgehead atoms. The Labute approximate surface area is 101 Å². The van der Waals surface area contributed by atoms with E-state index in [2.05, 4.69) is 35.8 Å². The van der Waals surface area contributed by atoms with Gasteiger partial charge in [-0.25, -0.2) is 0 Å². The van der Waals surface area contributed by atoms with E-state index < -0.39 is 0 Å². The van der Waals surface area contributed by atoms with Crippen LogP contribution in [0, 0.1) is 24.7 Å². The van der Waals surface area contributed by atoms with Crippen molar-refractivity contribution in [1.29, 1.82) is 0 Å². The SMILES string of the molecule is CNC(C)N/C([At])=C/c1ccccc1. The molecule has 2 N–H and O–H groups in total. The van der Waals surface area contributed by atoms with E-state index in [1.807, 2.05) is 25.2 Å². The maximum absolute atomic E-state index is 3.35. The zero-order chi connectivity index (χ0) is 10.4. The first-order valence-corrected chi connectivity index (χ1v) is 6.05. The summed E-state index contributed by atoms with van der Waals surface area (Å²) in [5, 5.41) is 6.49. The minimum atomic E-state index is 0.315. The third-order valence-corrected chi connectivity index (χ3v) is 2.73. The van der Waals surface area contributed by atoms with Crippen molar-refractivity contribution in [3.05, 3.63) is 39.3 Å². The standard InChI is InChI=1S/C11H15AtN2/c1-9(13-2)14-11(12)8-10-6-4-3-5-7-10/h3-9,13-14H,1-2H3/b11-8+. The Balaban J connectivity index is 2.60. The first kappa shape index (κ1) is 11.7. The second-order valence-corrected chi connectivity index (χ2v) is 4.64. The molecule has 0 amide bonds. The van der Waals surface area contributed by atoms with Crippen molar-refractivity contribution >= 4 is 6.08 Å². The van der Waals surface area contributed by atoms with Crippen LogP contribution in [0.5, 0.6) is 0 Å². The average Bonchev–Trinajstić information content (AvgIpc) is 2.19. The van der Waals surface area contributed by atoms with Crippen LogP contribution >= 0.6 is 0 Å². The molecule has 76 valence electrons. The van der Waals surface area contributed by atoms with Crippen molar-refractivity contribution in [3.8, 4) is 0 Å². The molecule has 0 spiro atoms. The van der Waals surface area contributed by atoms with Gasteiger partial charge in [-0.2, -0.15) is 0 Å². The van der Waals surface area contributed by atoms with Crippen molar-refractivity contribution in [2.75, 3.05) is 7.05 Å². The van der Waals surface area contributed by atoms with Gasteiger partial charge in [-0.15, -0.1) is 0 Å². The monoisotopic (exact) mass is 385 g/mol. The molecule has 1 aromatic carbocycles. The van der Waals surface area contributed by atoms with Gasteiger partial charge < -0.3 is 0 Å². The van der Waals surface area contributed by atoms with Crippen molar-refractivity contribution in [3.63, 3.8) is 0 Å². The maximum atomic E-state index is 3.35. The molecule has 2 nitrogen and oxygen atoms in total. The molecular weight excluding hydrogens is 370 g/mol. The van der Waals surface area contributed by atoms with Crippen LogP contribution in [0.25, 0.3) is 6.08 Å². The third kappa shape index (κ3) is 4.21. The summed E-state index contributed by atoms with van der Waals surface area (Å²) in [6.45, 7) is 2.09. The summed E-state index contributed by atoms with van der Waals surface area (Å²) in [6, 6.07) is 10.3. The molecule has 1 unspecified atom stereocenters. The molecule has 1 aromatic rings. The van der Waals surface area contributed by atoms with Gasteiger partial charge in [0.2, 0.25) is 0 Å². The fraction of sp³-hybridized carbons (Fsp3) is 0.273. The normalized spacial score (nSPS) is 13.8. The van der Waals surface area contributed by atoms with Crippen LogP contribution < -0.4 is 10.6 Å². The predicted octanol–water partition coefficient (Wildman–Crippen LogP) is 1.69. The van der Waals surface area contributed by atoms with E-state index in [4.69, 9.17) is 0 Å². The summed E-state index contributed by atoms with van der Waals surface area (Å²) in [5.74, 6) is 0. The topological polar surface area (TPSA) is 24.1 Å². The zero-order valence-corrected chi connectivity index (χ0v) is 11.4. The van der Waals surface area contributed by atoms with Crippen LogP contribution in [0.2, 0.25) is 0 Å². The number of hydrogen-bond donors (Lipinski definition) is 2. The Bertz CT molecular complexity index is 295. The second-order valence-electron chi connectivity index (χ2n) is 3.06. The van der Waals surface area contributed by atoms with Crippen molar-refractivity contribution in [1.82, 2.24) is 10.6 Å². The van der Waals surface area contributed by atoms with Crippen LogP contribution in [0.3, 0.4) is 0 Å². The Kier molecular flexibility index (Phi) is 5.13. The number of rotatable bonds is 4. The molecule has 0 aliphatic rings. The van der Waals surface area contributed by atoms with E-state index in [9.17, 15) is 0 Å². The Morgan fingerprint density at radius 3 is 2.57 bits per heavy atom. The Morgan fingerprint density at radius 1 is 1.36 bits per heavy atom. The van der Waals surface area contributed by atoms with Crippen molar-refractivity contribution in [2.24, 2.45) is 0 Å². The van der Waals surface area contributed by atoms with Crippen LogP contribution in [0.15, 0.2) is 33.7 Å².